The van der Waals surface area contributed by atoms with Crippen LogP contribution in [0.2, 0.25) is 0 Å². The second-order valence-electron chi connectivity index (χ2n) is 4.16. The number of amides is 1. The summed E-state index contributed by atoms with van der Waals surface area (Å²) in [5, 5.41) is 2.69. The van der Waals surface area contributed by atoms with Gasteiger partial charge in [0.15, 0.2) is 11.5 Å². The number of hydrogen-bond donors (Lipinski definition) is 1. The Kier molecular flexibility index (Phi) is 3.08. The summed E-state index contributed by atoms with van der Waals surface area (Å²) in [7, 11) is 0. The number of nitrogens with one attached hydrogen (secondary N) is 1. The first-order chi connectivity index (χ1) is 9.72. The van der Waals surface area contributed by atoms with Crippen molar-refractivity contribution in [2.75, 3.05) is 12.1 Å². The molecule has 3 rings (SSSR count). The van der Waals surface area contributed by atoms with Crippen molar-refractivity contribution in [2.45, 2.75) is 6.54 Å². The minimum atomic E-state index is -0.320. The van der Waals surface area contributed by atoms with Crippen LogP contribution in [0.15, 0.2) is 41.6 Å². The maximum atomic E-state index is 11.9. The summed E-state index contributed by atoms with van der Waals surface area (Å²) in [6.07, 6.45) is 2.70. The van der Waals surface area contributed by atoms with E-state index in [1.807, 2.05) is 0 Å². The van der Waals surface area contributed by atoms with Crippen molar-refractivity contribution in [1.82, 2.24) is 9.55 Å². The number of hydrogen-bond acceptors (Lipinski definition) is 5. The van der Waals surface area contributed by atoms with Gasteiger partial charge in [0.1, 0.15) is 6.54 Å². The molecule has 7 nitrogen and oxygen atoms in total. The van der Waals surface area contributed by atoms with Crippen LogP contribution in [0.1, 0.15) is 0 Å². The fourth-order valence-corrected chi connectivity index (χ4v) is 1.83. The van der Waals surface area contributed by atoms with E-state index < -0.39 is 0 Å². The van der Waals surface area contributed by atoms with Crippen LogP contribution in [0, 0.1) is 0 Å². The quantitative estimate of drug-likeness (QED) is 0.886. The van der Waals surface area contributed by atoms with Crippen LogP contribution in [0.3, 0.4) is 0 Å². The maximum Gasteiger partial charge on any atom is 0.253 e. The second kappa shape index (κ2) is 5.04. The minimum Gasteiger partial charge on any atom is -0.454 e. The van der Waals surface area contributed by atoms with Gasteiger partial charge in [0.25, 0.3) is 5.56 Å². The van der Waals surface area contributed by atoms with Gasteiger partial charge in [0, 0.05) is 24.0 Å². The highest BCUT2D eigenvalue weighted by molar-refractivity contribution is 5.90. The summed E-state index contributed by atoms with van der Waals surface area (Å²) in [5.41, 5.74) is 0.303. The van der Waals surface area contributed by atoms with Gasteiger partial charge in [-0.15, -0.1) is 0 Å². The monoisotopic (exact) mass is 273 g/mol. The van der Waals surface area contributed by atoms with Crippen LogP contribution in [0.4, 0.5) is 5.69 Å². The fourth-order valence-electron chi connectivity index (χ4n) is 1.83. The molecule has 0 fully saturated rings. The molecule has 0 unspecified atom stereocenters. The summed E-state index contributed by atoms with van der Waals surface area (Å²) < 4.78 is 11.6. The Labute approximate surface area is 113 Å². The maximum absolute atomic E-state index is 11.9. The molecule has 2 aromatic rings. The summed E-state index contributed by atoms with van der Waals surface area (Å²) in [4.78, 5) is 27.1. The number of fused-ring (bicyclic) bond motifs is 1. The average molecular weight is 273 g/mol. The third kappa shape index (κ3) is 2.46. The lowest BCUT2D eigenvalue weighted by Gasteiger charge is -2.07. The van der Waals surface area contributed by atoms with E-state index >= 15 is 0 Å². The molecule has 1 N–H and O–H groups in total. The van der Waals surface area contributed by atoms with Crippen molar-refractivity contribution in [1.29, 1.82) is 0 Å². The lowest BCUT2D eigenvalue weighted by Crippen LogP contribution is -2.26. The van der Waals surface area contributed by atoms with Crippen LogP contribution in [0.5, 0.6) is 11.5 Å². The largest absolute Gasteiger partial charge is 0.454 e. The Balaban J connectivity index is 1.70. The van der Waals surface area contributed by atoms with Gasteiger partial charge in [-0.05, 0) is 12.1 Å². The van der Waals surface area contributed by atoms with Crippen LogP contribution >= 0.6 is 0 Å². The molecule has 20 heavy (non-hydrogen) atoms. The molecule has 2 heterocycles. The topological polar surface area (TPSA) is 82.5 Å². The highest BCUT2D eigenvalue weighted by Crippen LogP contribution is 2.34. The smallest absolute Gasteiger partial charge is 0.253 e. The number of nitrogens with zero attached hydrogens (tertiary/aromatic N) is 2. The zero-order valence-electron chi connectivity index (χ0n) is 10.4. The molecule has 7 heteroatoms. The number of anilines is 1. The van der Waals surface area contributed by atoms with E-state index in [2.05, 4.69) is 10.3 Å². The van der Waals surface area contributed by atoms with Gasteiger partial charge < -0.3 is 14.8 Å². The third-order valence-corrected chi connectivity index (χ3v) is 2.76. The van der Waals surface area contributed by atoms with Gasteiger partial charge in [0.2, 0.25) is 12.7 Å². The van der Waals surface area contributed by atoms with E-state index in [9.17, 15) is 9.59 Å². The van der Waals surface area contributed by atoms with Crippen molar-refractivity contribution in [3.05, 3.63) is 47.1 Å². The highest BCUT2D eigenvalue weighted by atomic mass is 16.7. The molecule has 0 aliphatic carbocycles. The zero-order valence-corrected chi connectivity index (χ0v) is 10.4. The second-order valence-corrected chi connectivity index (χ2v) is 4.16. The SMILES string of the molecule is O=C(Cn1cnccc1=O)Nc1ccc2c(c1)OCO2. The van der Waals surface area contributed by atoms with Crippen LogP contribution < -0.4 is 20.3 Å². The van der Waals surface area contributed by atoms with Gasteiger partial charge in [0.05, 0.1) is 6.33 Å². The van der Waals surface area contributed by atoms with Crippen molar-refractivity contribution in [2.24, 2.45) is 0 Å². The van der Waals surface area contributed by atoms with Gasteiger partial charge in [-0.1, -0.05) is 0 Å². The summed E-state index contributed by atoms with van der Waals surface area (Å²) in [6, 6.07) is 6.39. The van der Waals surface area contributed by atoms with Crippen molar-refractivity contribution in [3.63, 3.8) is 0 Å². The van der Waals surface area contributed by atoms with Gasteiger partial charge >= 0.3 is 0 Å². The number of benzene rings is 1. The minimum absolute atomic E-state index is 0.0961. The number of carbonyl (C=O) groups is 1. The predicted molar refractivity (Wildman–Crippen MR) is 69.7 cm³/mol. The Morgan fingerprint density at radius 1 is 1.30 bits per heavy atom. The fraction of sp³-hybridized carbons (Fsp3) is 0.154. The van der Waals surface area contributed by atoms with E-state index in [0.29, 0.717) is 17.2 Å². The van der Waals surface area contributed by atoms with Crippen molar-refractivity contribution < 1.29 is 14.3 Å². The van der Waals surface area contributed by atoms with E-state index in [1.54, 1.807) is 18.2 Å². The van der Waals surface area contributed by atoms with Crippen molar-refractivity contribution in [3.8, 4) is 11.5 Å². The summed E-state index contributed by atoms with van der Waals surface area (Å²) in [6.45, 7) is 0.0823. The van der Waals surface area contributed by atoms with Crippen LogP contribution in [-0.4, -0.2) is 22.3 Å². The molecule has 0 radical (unpaired) electrons. The molecule has 0 spiro atoms. The molecule has 0 atom stereocenters. The lowest BCUT2D eigenvalue weighted by molar-refractivity contribution is -0.116. The normalized spacial score (nSPS) is 12.2. The van der Waals surface area contributed by atoms with E-state index in [4.69, 9.17) is 9.47 Å². The van der Waals surface area contributed by atoms with E-state index in [0.717, 1.165) is 0 Å². The predicted octanol–water partition coefficient (Wildman–Crippen LogP) is 0.611. The van der Waals surface area contributed by atoms with Crippen molar-refractivity contribution >= 4 is 11.6 Å². The van der Waals surface area contributed by atoms with Gasteiger partial charge in [-0.2, -0.15) is 0 Å². The molecule has 1 aromatic carbocycles. The summed E-state index contributed by atoms with van der Waals surface area (Å²) >= 11 is 0. The Morgan fingerprint density at radius 2 is 2.15 bits per heavy atom. The molecular weight excluding hydrogens is 262 g/mol. The number of rotatable bonds is 3. The lowest BCUT2D eigenvalue weighted by atomic mass is 10.3. The first-order valence-electron chi connectivity index (χ1n) is 5.92. The standard InChI is InChI=1S/C13H11N3O4/c17-12(6-16-7-14-4-3-13(16)18)15-9-1-2-10-11(5-9)20-8-19-10/h1-5,7H,6,8H2,(H,15,17). The van der Waals surface area contributed by atoms with Gasteiger partial charge in [-0.3, -0.25) is 14.2 Å². The molecule has 1 aliphatic rings. The molecule has 102 valence electrons. The number of ether oxygens (including phenoxy) is 2. The molecule has 0 saturated heterocycles. The van der Waals surface area contributed by atoms with Crippen LogP contribution in [0.25, 0.3) is 0 Å². The summed E-state index contributed by atoms with van der Waals surface area (Å²) in [5.74, 6) is 0.909. The molecule has 0 bridgehead atoms. The number of carbonyl (C=O) groups excluding carboxylic acids is 1. The molecular formula is C13H11N3O4. The Hall–Kier alpha value is -2.83. The van der Waals surface area contributed by atoms with Gasteiger partial charge in [-0.25, -0.2) is 4.98 Å². The molecule has 0 saturated carbocycles. The Morgan fingerprint density at radius 3 is 3.00 bits per heavy atom. The zero-order chi connectivity index (χ0) is 13.9. The molecule has 1 amide bonds. The molecule has 1 aromatic heterocycles. The first kappa shape index (κ1) is 12.2. The molecule has 1 aliphatic heterocycles. The Bertz CT molecular complexity index is 711. The number of aromatic nitrogens is 2. The van der Waals surface area contributed by atoms with E-state index in [1.165, 1.54) is 23.2 Å². The highest BCUT2D eigenvalue weighted by Gasteiger charge is 2.14. The first-order valence-corrected chi connectivity index (χ1v) is 5.92. The van der Waals surface area contributed by atoms with Crippen LogP contribution in [-0.2, 0) is 11.3 Å². The third-order valence-electron chi connectivity index (χ3n) is 2.76. The van der Waals surface area contributed by atoms with E-state index in [-0.39, 0.29) is 24.8 Å². The average Bonchev–Trinajstić information content (AvgIpc) is 2.89.